The molecule has 4 spiro atoms. The smallest absolute Gasteiger partial charge is 0.211 e. The second-order valence-electron chi connectivity index (χ2n) is 26.4. The molecule has 0 radical (unpaired) electrons. The first-order valence-electron chi connectivity index (χ1n) is 31.1. The van der Waals surface area contributed by atoms with Gasteiger partial charge in [0.05, 0.1) is 56.9 Å². The summed E-state index contributed by atoms with van der Waals surface area (Å²) in [6.45, 7) is 0. The minimum Gasteiger partial charge on any atom is -0.493 e. The maximum Gasteiger partial charge on any atom is 0.211 e. The Hall–Kier alpha value is -8.64. The van der Waals surface area contributed by atoms with E-state index in [-0.39, 0.29) is 21.7 Å². The Kier molecular flexibility index (Phi) is 13.7. The minimum atomic E-state index is -0.101. The minimum absolute atomic E-state index is 0.101. The first kappa shape index (κ1) is 55.9. The zero-order chi connectivity index (χ0) is 60.1. The first-order chi connectivity index (χ1) is 42.9. The third kappa shape index (κ3) is 9.37. The Balaban J connectivity index is 0.798. The standard InChI is InChI=1S/C76H76O12/c1-77-61-27-53-28-62(78-2)69(61)85-57-17-9-49(10-18-57)50-11-19-58(20-12-50)87-71-65(81-5)31-55(32-66(71)82-6)75-39-47-26-48(40-75)42-76(41-47,44-75)56-33-67(83-7)72(68(34-56)84-8)88-60-23-15-52(16-24-60)51-13-21-59(22-14-51)86-70-63(79-3)29-54(30-64(70)80-4)74-37-45-25-46(38-74)36-73(53,35-45)43-74/h9-24,27-34,45-48H,25-26,35-44H2,1-8H3. The van der Waals surface area contributed by atoms with E-state index in [2.05, 4.69) is 97.1 Å². The summed E-state index contributed by atoms with van der Waals surface area (Å²) < 4.78 is 76.5. The van der Waals surface area contributed by atoms with Gasteiger partial charge in [0.1, 0.15) is 23.0 Å². The van der Waals surface area contributed by atoms with Crippen LogP contribution < -0.4 is 56.8 Å². The van der Waals surface area contributed by atoms with Gasteiger partial charge in [-0.1, -0.05) is 48.5 Å². The van der Waals surface area contributed by atoms with E-state index >= 15 is 0 Å². The Labute approximate surface area is 515 Å². The SMILES string of the molecule is COc1cc2cc(OC)c1Oc1ccc(cc1)-c1ccc(cc1)Oc1c(OC)cc(cc1OC)C13CC4CC(C1)CC(C4)(C3)c1cc(OC)c(c(OC)c1)Oc1ccc(cc1)-c1ccc(cc1)Oc1c(OC)cc(cc1OC)C13CC4CC(CC2(C4)C1)C3. The van der Waals surface area contributed by atoms with Gasteiger partial charge in [0.15, 0.2) is 46.0 Å². The molecule has 0 atom stereocenters. The third-order valence-corrected chi connectivity index (χ3v) is 21.4. The third-order valence-electron chi connectivity index (χ3n) is 21.4. The molecule has 8 fully saturated rings. The van der Waals surface area contributed by atoms with Gasteiger partial charge in [-0.25, -0.2) is 0 Å². The molecule has 0 amide bonds. The van der Waals surface area contributed by atoms with Crippen LogP contribution in [0.1, 0.15) is 99.3 Å². The molecule has 30 aliphatic rings. The molecule has 8 aromatic carbocycles. The van der Waals surface area contributed by atoms with E-state index in [1.165, 1.54) is 35.1 Å². The summed E-state index contributed by atoms with van der Waals surface area (Å²) in [5.74, 6) is 12.2. The van der Waals surface area contributed by atoms with Gasteiger partial charge in [-0.2, -0.15) is 0 Å². The molecule has 12 nitrogen and oxygen atoms in total. The van der Waals surface area contributed by atoms with Crippen LogP contribution in [0, 0.1) is 23.7 Å². The van der Waals surface area contributed by atoms with Crippen LogP contribution in [0.25, 0.3) is 22.3 Å². The number of methoxy groups -OCH3 is 8. The van der Waals surface area contributed by atoms with Gasteiger partial charge in [0.25, 0.3) is 0 Å². The highest BCUT2D eigenvalue weighted by Gasteiger charge is 2.61. The molecule has 8 aromatic rings. The zero-order valence-corrected chi connectivity index (χ0v) is 51.6. The molecule has 24 bridgehead atoms. The lowest BCUT2D eigenvalue weighted by Crippen LogP contribution is -2.56. The Morgan fingerprint density at radius 2 is 0.432 bits per heavy atom. The molecule has 38 rings (SSSR count). The fourth-order valence-electron chi connectivity index (χ4n) is 18.4. The summed E-state index contributed by atoms with van der Waals surface area (Å²) >= 11 is 0. The Bertz CT molecular complexity index is 3330. The van der Waals surface area contributed by atoms with E-state index in [9.17, 15) is 0 Å². The van der Waals surface area contributed by atoms with Gasteiger partial charge in [0.2, 0.25) is 23.0 Å². The maximum absolute atomic E-state index is 6.71. The van der Waals surface area contributed by atoms with Crippen LogP contribution >= 0.6 is 0 Å². The topological polar surface area (TPSA) is 111 Å². The Morgan fingerprint density at radius 1 is 0.261 bits per heavy atom. The summed E-state index contributed by atoms with van der Waals surface area (Å²) in [7, 11) is 13.7. The largest absolute Gasteiger partial charge is 0.493 e. The first-order valence-corrected chi connectivity index (χ1v) is 31.1. The van der Waals surface area contributed by atoms with Crippen LogP contribution in [0.15, 0.2) is 146 Å². The van der Waals surface area contributed by atoms with Crippen LogP contribution in [-0.4, -0.2) is 56.9 Å². The van der Waals surface area contributed by atoms with Gasteiger partial charge in [0, 0.05) is 0 Å². The van der Waals surface area contributed by atoms with Crippen molar-refractivity contribution in [1.82, 2.24) is 0 Å². The predicted octanol–water partition coefficient (Wildman–Crippen LogP) is 18.2. The van der Waals surface area contributed by atoms with Crippen LogP contribution in [-0.2, 0) is 21.7 Å². The van der Waals surface area contributed by atoms with Gasteiger partial charge < -0.3 is 56.8 Å². The quantitative estimate of drug-likeness (QED) is 0.144. The molecule has 0 unspecified atom stereocenters. The van der Waals surface area contributed by atoms with Gasteiger partial charge in [-0.3, -0.25) is 0 Å². The van der Waals surface area contributed by atoms with Crippen molar-refractivity contribution < 1.29 is 56.8 Å². The van der Waals surface area contributed by atoms with Gasteiger partial charge >= 0.3 is 0 Å². The highest BCUT2D eigenvalue weighted by molar-refractivity contribution is 5.69. The maximum atomic E-state index is 6.71. The average molecular weight is 1180 g/mol. The summed E-state index contributed by atoms with van der Waals surface area (Å²) in [5.41, 5.74) is 8.61. The Morgan fingerprint density at radius 3 is 0.591 bits per heavy atom. The van der Waals surface area contributed by atoms with Crippen molar-refractivity contribution in [3.63, 3.8) is 0 Å². The second kappa shape index (κ2) is 21.6. The molecule has 0 aromatic heterocycles. The van der Waals surface area contributed by atoms with E-state index in [1.54, 1.807) is 56.9 Å². The number of rotatable bonds is 8. The lowest BCUT2D eigenvalue weighted by atomic mass is 9.41. The van der Waals surface area contributed by atoms with Gasteiger partial charge in [-0.15, -0.1) is 0 Å². The van der Waals surface area contributed by atoms with Crippen molar-refractivity contribution in [2.24, 2.45) is 23.7 Å². The molecule has 8 saturated carbocycles. The number of benzene rings is 8. The highest BCUT2D eigenvalue weighted by atomic mass is 16.6. The molecule has 12 heteroatoms. The fourth-order valence-corrected chi connectivity index (χ4v) is 18.4. The van der Waals surface area contributed by atoms with Gasteiger partial charge in [-0.05, 0) is 264 Å². The second-order valence-corrected chi connectivity index (χ2v) is 26.4. The van der Waals surface area contributed by atoms with Crippen LogP contribution in [0.4, 0.5) is 0 Å². The lowest BCUT2D eigenvalue weighted by Gasteiger charge is -2.63. The molecular formula is C76H76O12. The van der Waals surface area contributed by atoms with Crippen LogP contribution in [0.2, 0.25) is 0 Å². The fraction of sp³-hybridized carbons (Fsp3) is 0.368. The highest BCUT2D eigenvalue weighted by Crippen LogP contribution is 2.70. The zero-order valence-electron chi connectivity index (χ0n) is 51.6. The van der Waals surface area contributed by atoms with Crippen LogP contribution in [0.3, 0.4) is 0 Å². The predicted molar refractivity (Wildman–Crippen MR) is 338 cm³/mol. The molecule has 8 aliphatic carbocycles. The summed E-state index contributed by atoms with van der Waals surface area (Å²) in [6, 6.07) is 50.1. The molecular weight excluding hydrogens is 1100 g/mol. The molecule has 88 heavy (non-hydrogen) atoms. The summed E-state index contributed by atoms with van der Waals surface area (Å²) in [6.07, 6.45) is 13.2. The number of hydrogen-bond acceptors (Lipinski definition) is 12. The summed E-state index contributed by atoms with van der Waals surface area (Å²) in [4.78, 5) is 0. The lowest BCUT2D eigenvalue weighted by molar-refractivity contribution is -0.0285. The monoisotopic (exact) mass is 1180 g/mol. The van der Waals surface area contributed by atoms with E-state index in [4.69, 9.17) is 56.8 Å². The molecule has 22 heterocycles. The van der Waals surface area contributed by atoms with Crippen molar-refractivity contribution in [2.45, 2.75) is 98.7 Å². The normalized spacial score (nSPS) is 25.7. The molecule has 452 valence electrons. The molecule has 0 N–H and O–H groups in total. The summed E-state index contributed by atoms with van der Waals surface area (Å²) in [5, 5.41) is 0. The number of ether oxygens (including phenoxy) is 12. The van der Waals surface area contributed by atoms with Crippen molar-refractivity contribution in [2.75, 3.05) is 56.9 Å². The van der Waals surface area contributed by atoms with E-state index < -0.39 is 0 Å². The van der Waals surface area contributed by atoms with Crippen molar-refractivity contribution >= 4 is 0 Å². The van der Waals surface area contributed by atoms with Crippen molar-refractivity contribution in [3.8, 4) is 114 Å². The number of hydrogen-bond donors (Lipinski definition) is 0. The van der Waals surface area contributed by atoms with E-state index in [1.807, 2.05) is 48.5 Å². The van der Waals surface area contributed by atoms with Crippen molar-refractivity contribution in [1.29, 1.82) is 0 Å². The average Bonchev–Trinajstić information content (AvgIpc) is 0.913. The molecule has 22 aliphatic heterocycles. The molecule has 0 saturated heterocycles. The van der Waals surface area contributed by atoms with Crippen LogP contribution in [0.5, 0.6) is 92.0 Å². The van der Waals surface area contributed by atoms with E-state index in [0.29, 0.717) is 116 Å². The van der Waals surface area contributed by atoms with E-state index in [0.717, 1.165) is 86.5 Å². The van der Waals surface area contributed by atoms with Crippen molar-refractivity contribution in [3.05, 3.63) is 168 Å².